The Balaban J connectivity index is 4.07. The number of thiocarbonyl (C=S) groups is 1. The molecule has 0 heterocycles. The number of unbranched alkanes of at least 4 members (excludes halogenated alkanes) is 1. The van der Waals surface area contributed by atoms with E-state index in [0.29, 0.717) is 29.0 Å². The van der Waals surface area contributed by atoms with Crippen molar-refractivity contribution in [3.63, 3.8) is 0 Å². The third kappa shape index (κ3) is 13.5. The zero-order valence-electron chi connectivity index (χ0n) is 13.9. The lowest BCUT2D eigenvalue weighted by molar-refractivity contribution is -0.147. The number of hydrogen-bond acceptors (Lipinski definition) is 6. The van der Waals surface area contributed by atoms with Gasteiger partial charge in [-0.15, -0.1) is 0 Å². The van der Waals surface area contributed by atoms with Crippen molar-refractivity contribution < 1.29 is 18.5 Å². The summed E-state index contributed by atoms with van der Waals surface area (Å²) in [6.07, 6.45) is 4.18. The Morgan fingerprint density at radius 2 is 2.04 bits per heavy atom. The van der Waals surface area contributed by atoms with Crippen molar-refractivity contribution in [2.24, 2.45) is 0 Å². The van der Waals surface area contributed by atoms with Gasteiger partial charge in [-0.3, -0.25) is 9.00 Å². The van der Waals surface area contributed by atoms with E-state index in [1.807, 2.05) is 6.92 Å². The molecule has 0 aliphatic rings. The molecule has 23 heavy (non-hydrogen) atoms. The largest absolute Gasteiger partial charge is 0.464 e. The standard InChI is InChI=1S/C14H26N2O4S3/c1-4-8-20-13(18)12(16-11(2)17)10-22-14(21)15-7-5-6-9-23(3)19/h12H,4-10H2,1-3H3,(H,15,21)(H,16,17). The Labute approximate surface area is 150 Å². The van der Waals surface area contributed by atoms with E-state index in [0.717, 1.165) is 19.3 Å². The summed E-state index contributed by atoms with van der Waals surface area (Å²) in [6.45, 7) is 4.30. The van der Waals surface area contributed by atoms with Crippen molar-refractivity contribution in [1.29, 1.82) is 0 Å². The van der Waals surface area contributed by atoms with Crippen LogP contribution in [0.15, 0.2) is 0 Å². The smallest absolute Gasteiger partial charge is 0.329 e. The molecule has 0 saturated carbocycles. The highest BCUT2D eigenvalue weighted by Gasteiger charge is 2.21. The average Bonchev–Trinajstić information content (AvgIpc) is 2.47. The molecule has 6 nitrogen and oxygen atoms in total. The second kappa shape index (κ2) is 13.7. The van der Waals surface area contributed by atoms with Crippen LogP contribution < -0.4 is 10.6 Å². The summed E-state index contributed by atoms with van der Waals surface area (Å²) in [6, 6.07) is -0.702. The molecule has 0 saturated heterocycles. The van der Waals surface area contributed by atoms with Crippen molar-refractivity contribution >= 4 is 51.0 Å². The molecule has 134 valence electrons. The van der Waals surface area contributed by atoms with Gasteiger partial charge in [-0.25, -0.2) is 4.79 Å². The summed E-state index contributed by atoms with van der Waals surface area (Å²) < 4.78 is 16.6. The number of hydrogen-bond donors (Lipinski definition) is 2. The first-order valence-electron chi connectivity index (χ1n) is 7.51. The Hall–Kier alpha value is -0.670. The third-order valence-corrected chi connectivity index (χ3v) is 4.89. The number of nitrogens with one attached hydrogen (secondary N) is 2. The van der Waals surface area contributed by atoms with E-state index in [9.17, 15) is 13.8 Å². The summed E-state index contributed by atoms with van der Waals surface area (Å²) in [4.78, 5) is 23.0. The number of ether oxygens (including phenoxy) is 1. The summed E-state index contributed by atoms with van der Waals surface area (Å²) in [5.41, 5.74) is 0. The minimum atomic E-state index is -0.761. The van der Waals surface area contributed by atoms with Gasteiger partial charge in [0.15, 0.2) is 0 Å². The highest BCUT2D eigenvalue weighted by molar-refractivity contribution is 8.23. The quantitative estimate of drug-likeness (QED) is 0.316. The predicted molar refractivity (Wildman–Crippen MR) is 100 cm³/mol. The fourth-order valence-corrected chi connectivity index (χ4v) is 3.21. The molecule has 0 fully saturated rings. The second-order valence-corrected chi connectivity index (χ2v) is 8.18. The van der Waals surface area contributed by atoms with Gasteiger partial charge in [0, 0.05) is 42.0 Å². The van der Waals surface area contributed by atoms with Gasteiger partial charge in [0.25, 0.3) is 0 Å². The maximum Gasteiger partial charge on any atom is 0.329 e. The number of esters is 1. The van der Waals surface area contributed by atoms with E-state index in [4.69, 9.17) is 17.0 Å². The Kier molecular flexibility index (Phi) is 13.3. The third-order valence-electron chi connectivity index (χ3n) is 2.62. The first-order chi connectivity index (χ1) is 10.9. The molecule has 0 radical (unpaired) electrons. The van der Waals surface area contributed by atoms with E-state index in [1.165, 1.54) is 18.7 Å². The number of rotatable bonds is 11. The van der Waals surface area contributed by atoms with Crippen molar-refractivity contribution in [2.75, 3.05) is 30.9 Å². The number of carbonyl (C=O) groups excluding carboxylic acids is 2. The predicted octanol–water partition coefficient (Wildman–Crippen LogP) is 1.21. The zero-order valence-corrected chi connectivity index (χ0v) is 16.3. The fourth-order valence-electron chi connectivity index (χ4n) is 1.55. The maximum absolute atomic E-state index is 11.9. The summed E-state index contributed by atoms with van der Waals surface area (Å²) >= 11 is 6.49. The highest BCUT2D eigenvalue weighted by atomic mass is 32.2. The van der Waals surface area contributed by atoms with Gasteiger partial charge in [0.2, 0.25) is 5.91 Å². The molecule has 2 atom stereocenters. The SMILES string of the molecule is CCCOC(=O)C(CSC(=S)NCCCCS(C)=O)NC(C)=O. The molecule has 2 unspecified atom stereocenters. The topological polar surface area (TPSA) is 84.5 Å². The zero-order chi connectivity index (χ0) is 17.7. The first-order valence-corrected chi connectivity index (χ1v) is 10.6. The molecule has 0 bridgehead atoms. The summed E-state index contributed by atoms with van der Waals surface area (Å²) in [7, 11) is -0.761. The van der Waals surface area contributed by atoms with E-state index < -0.39 is 22.8 Å². The summed E-state index contributed by atoms with van der Waals surface area (Å²) in [5.74, 6) is 0.292. The van der Waals surface area contributed by atoms with Crippen LogP contribution in [0.5, 0.6) is 0 Å². The highest BCUT2D eigenvalue weighted by Crippen LogP contribution is 2.07. The average molecular weight is 383 g/mol. The molecule has 0 aliphatic carbocycles. The van der Waals surface area contributed by atoms with Crippen molar-refractivity contribution in [1.82, 2.24) is 10.6 Å². The Bertz CT molecular complexity index is 419. The van der Waals surface area contributed by atoms with Gasteiger partial charge in [0.05, 0.1) is 6.61 Å². The second-order valence-electron chi connectivity index (χ2n) is 4.93. The number of amides is 1. The molecule has 2 N–H and O–H groups in total. The lowest BCUT2D eigenvalue weighted by Crippen LogP contribution is -2.43. The van der Waals surface area contributed by atoms with Crippen LogP contribution in [0.1, 0.15) is 33.1 Å². The van der Waals surface area contributed by atoms with Crippen LogP contribution >= 0.6 is 24.0 Å². The molecular weight excluding hydrogens is 356 g/mol. The molecule has 0 aliphatic heterocycles. The van der Waals surface area contributed by atoms with E-state index in [1.54, 1.807) is 6.26 Å². The summed E-state index contributed by atoms with van der Waals surface area (Å²) in [5, 5.41) is 5.66. The van der Waals surface area contributed by atoms with Gasteiger partial charge >= 0.3 is 5.97 Å². The fraction of sp³-hybridized carbons (Fsp3) is 0.786. The van der Waals surface area contributed by atoms with Gasteiger partial charge in [-0.2, -0.15) is 0 Å². The first kappa shape index (κ1) is 22.3. The molecule has 1 amide bonds. The minimum Gasteiger partial charge on any atom is -0.464 e. The van der Waals surface area contributed by atoms with Crippen molar-refractivity contribution in [3.05, 3.63) is 0 Å². The van der Waals surface area contributed by atoms with Gasteiger partial charge in [-0.05, 0) is 19.3 Å². The van der Waals surface area contributed by atoms with Gasteiger partial charge in [-0.1, -0.05) is 30.9 Å². The van der Waals surface area contributed by atoms with E-state index in [2.05, 4.69) is 10.6 Å². The van der Waals surface area contributed by atoms with E-state index in [-0.39, 0.29) is 5.91 Å². The van der Waals surface area contributed by atoms with Crippen LogP contribution in [0, 0.1) is 0 Å². The molecular formula is C14H26N2O4S3. The molecule has 9 heteroatoms. The van der Waals surface area contributed by atoms with Crippen LogP contribution in [-0.2, 0) is 25.1 Å². The molecule has 0 aromatic carbocycles. The van der Waals surface area contributed by atoms with E-state index >= 15 is 0 Å². The number of carbonyl (C=O) groups is 2. The number of thioether (sulfide) groups is 1. The molecule has 0 rings (SSSR count). The van der Waals surface area contributed by atoms with Crippen molar-refractivity contribution in [2.45, 2.75) is 39.2 Å². The molecule has 0 spiro atoms. The monoisotopic (exact) mass is 382 g/mol. The van der Waals surface area contributed by atoms with Gasteiger partial charge in [0.1, 0.15) is 10.4 Å². The Morgan fingerprint density at radius 1 is 1.35 bits per heavy atom. The van der Waals surface area contributed by atoms with Crippen LogP contribution in [0.2, 0.25) is 0 Å². The van der Waals surface area contributed by atoms with Gasteiger partial charge < -0.3 is 15.4 Å². The van der Waals surface area contributed by atoms with Crippen LogP contribution in [0.3, 0.4) is 0 Å². The normalized spacial score (nSPS) is 13.0. The van der Waals surface area contributed by atoms with Crippen molar-refractivity contribution in [3.8, 4) is 0 Å². The maximum atomic E-state index is 11.9. The Morgan fingerprint density at radius 3 is 2.61 bits per heavy atom. The van der Waals surface area contributed by atoms with Crippen LogP contribution in [0.4, 0.5) is 0 Å². The minimum absolute atomic E-state index is 0.282. The lowest BCUT2D eigenvalue weighted by atomic mass is 10.3. The molecule has 0 aromatic rings. The lowest BCUT2D eigenvalue weighted by Gasteiger charge is -2.16. The van der Waals surface area contributed by atoms with Crippen LogP contribution in [-0.4, -0.2) is 57.4 Å². The molecule has 0 aromatic heterocycles. The van der Waals surface area contributed by atoms with Crippen LogP contribution in [0.25, 0.3) is 0 Å².